The van der Waals surface area contributed by atoms with E-state index in [9.17, 15) is 4.79 Å². The Kier molecular flexibility index (Phi) is 2.72. The van der Waals surface area contributed by atoms with Crippen LogP contribution < -0.4 is 5.32 Å². The Labute approximate surface area is 114 Å². The van der Waals surface area contributed by atoms with E-state index in [2.05, 4.69) is 11.4 Å². The van der Waals surface area contributed by atoms with Crippen molar-refractivity contribution in [3.8, 4) is 0 Å². The van der Waals surface area contributed by atoms with Crippen LogP contribution in [0.15, 0.2) is 18.2 Å². The molecular formula is C16H21NO2. The Morgan fingerprint density at radius 3 is 2.68 bits per heavy atom. The van der Waals surface area contributed by atoms with Gasteiger partial charge in [-0.1, -0.05) is 6.07 Å². The van der Waals surface area contributed by atoms with Crippen molar-refractivity contribution >= 4 is 5.97 Å². The van der Waals surface area contributed by atoms with Crippen molar-refractivity contribution in [1.29, 1.82) is 0 Å². The number of hydrogen-bond acceptors (Lipinski definition) is 3. The van der Waals surface area contributed by atoms with Crippen LogP contribution in [0.3, 0.4) is 0 Å². The third kappa shape index (κ3) is 2.39. The summed E-state index contributed by atoms with van der Waals surface area (Å²) in [6.07, 6.45) is 2.53. The zero-order chi connectivity index (χ0) is 13.7. The van der Waals surface area contributed by atoms with E-state index < -0.39 is 5.60 Å². The lowest BCUT2D eigenvalue weighted by Crippen LogP contribution is -2.33. The standard InChI is InChI=1S/C16H21NO2/c1-15(2,3)19-14(18)11-4-5-13-12(8-11)9-17-10-16(13)6-7-16/h4-5,8,17H,6-7,9-10H2,1-3H3. The van der Waals surface area contributed by atoms with Gasteiger partial charge in [-0.05, 0) is 56.9 Å². The van der Waals surface area contributed by atoms with Crippen LogP contribution in [0.5, 0.6) is 0 Å². The van der Waals surface area contributed by atoms with Crippen LogP contribution in [0.2, 0.25) is 0 Å². The second-order valence-electron chi connectivity index (χ2n) is 6.76. The first kappa shape index (κ1) is 12.7. The van der Waals surface area contributed by atoms with Crippen molar-refractivity contribution in [2.24, 2.45) is 0 Å². The highest BCUT2D eigenvalue weighted by molar-refractivity contribution is 5.90. The molecular weight excluding hydrogens is 238 g/mol. The van der Waals surface area contributed by atoms with Crippen molar-refractivity contribution in [3.05, 3.63) is 34.9 Å². The number of carbonyl (C=O) groups is 1. The molecule has 3 nitrogen and oxygen atoms in total. The molecule has 3 heteroatoms. The molecule has 0 amide bonds. The van der Waals surface area contributed by atoms with Gasteiger partial charge in [0.2, 0.25) is 0 Å². The quantitative estimate of drug-likeness (QED) is 0.788. The van der Waals surface area contributed by atoms with Crippen LogP contribution >= 0.6 is 0 Å². The summed E-state index contributed by atoms with van der Waals surface area (Å²) >= 11 is 0. The highest BCUT2D eigenvalue weighted by Crippen LogP contribution is 2.50. The third-order valence-electron chi connectivity index (χ3n) is 3.94. The second-order valence-corrected chi connectivity index (χ2v) is 6.76. The first-order valence-corrected chi connectivity index (χ1v) is 6.97. The summed E-state index contributed by atoms with van der Waals surface area (Å²) < 4.78 is 5.42. The fraction of sp³-hybridized carbons (Fsp3) is 0.562. The lowest BCUT2D eigenvalue weighted by atomic mass is 9.87. The minimum Gasteiger partial charge on any atom is -0.456 e. The molecule has 102 valence electrons. The molecule has 1 fully saturated rings. The van der Waals surface area contributed by atoms with Gasteiger partial charge < -0.3 is 10.1 Å². The molecule has 0 bridgehead atoms. The molecule has 2 aliphatic rings. The Balaban J connectivity index is 1.88. The number of ether oxygens (including phenoxy) is 1. The smallest absolute Gasteiger partial charge is 0.338 e. The van der Waals surface area contributed by atoms with Crippen LogP contribution in [-0.2, 0) is 16.7 Å². The van der Waals surface area contributed by atoms with Crippen LogP contribution in [0.1, 0.15) is 55.1 Å². The summed E-state index contributed by atoms with van der Waals surface area (Å²) in [5.41, 5.74) is 3.27. The number of rotatable bonds is 1. The Morgan fingerprint density at radius 1 is 1.32 bits per heavy atom. The number of nitrogens with one attached hydrogen (secondary N) is 1. The van der Waals surface area contributed by atoms with Gasteiger partial charge in [-0.25, -0.2) is 4.79 Å². The highest BCUT2D eigenvalue weighted by Gasteiger charge is 2.46. The minimum atomic E-state index is -0.442. The molecule has 0 unspecified atom stereocenters. The van der Waals surface area contributed by atoms with E-state index in [-0.39, 0.29) is 5.97 Å². The molecule has 3 rings (SSSR count). The molecule has 1 N–H and O–H groups in total. The summed E-state index contributed by atoms with van der Waals surface area (Å²) in [4.78, 5) is 12.1. The molecule has 1 heterocycles. The number of esters is 1. The lowest BCUT2D eigenvalue weighted by molar-refractivity contribution is 0.00693. The van der Waals surface area contributed by atoms with Crippen molar-refractivity contribution in [2.75, 3.05) is 6.54 Å². The van der Waals surface area contributed by atoms with E-state index in [0.29, 0.717) is 11.0 Å². The van der Waals surface area contributed by atoms with Gasteiger partial charge in [0.05, 0.1) is 5.56 Å². The van der Waals surface area contributed by atoms with Crippen LogP contribution in [-0.4, -0.2) is 18.1 Å². The van der Waals surface area contributed by atoms with Gasteiger partial charge in [0.15, 0.2) is 0 Å². The monoisotopic (exact) mass is 259 g/mol. The normalized spacial score (nSPS) is 19.9. The molecule has 1 aliphatic heterocycles. The van der Waals surface area contributed by atoms with Gasteiger partial charge in [-0.15, -0.1) is 0 Å². The van der Waals surface area contributed by atoms with Crippen molar-refractivity contribution in [3.63, 3.8) is 0 Å². The Morgan fingerprint density at radius 2 is 2.05 bits per heavy atom. The van der Waals surface area contributed by atoms with Gasteiger partial charge in [0, 0.05) is 18.5 Å². The molecule has 0 saturated heterocycles. The van der Waals surface area contributed by atoms with Gasteiger partial charge in [-0.2, -0.15) is 0 Å². The Hall–Kier alpha value is -1.35. The van der Waals surface area contributed by atoms with E-state index in [1.54, 1.807) is 0 Å². The lowest BCUT2D eigenvalue weighted by Gasteiger charge is -2.27. The minimum absolute atomic E-state index is 0.231. The molecule has 1 aromatic rings. The van der Waals surface area contributed by atoms with Crippen LogP contribution in [0, 0.1) is 0 Å². The molecule has 0 aromatic heterocycles. The number of fused-ring (bicyclic) bond motifs is 2. The largest absolute Gasteiger partial charge is 0.456 e. The predicted molar refractivity (Wildman–Crippen MR) is 74.2 cm³/mol. The summed E-state index contributed by atoms with van der Waals surface area (Å²) in [5, 5.41) is 3.46. The summed E-state index contributed by atoms with van der Waals surface area (Å²) in [6.45, 7) is 7.61. The van der Waals surface area contributed by atoms with E-state index in [4.69, 9.17) is 4.74 Å². The van der Waals surface area contributed by atoms with Crippen LogP contribution in [0.25, 0.3) is 0 Å². The maximum absolute atomic E-state index is 12.1. The molecule has 0 atom stereocenters. The van der Waals surface area contributed by atoms with Crippen molar-refractivity contribution in [1.82, 2.24) is 5.32 Å². The molecule has 0 radical (unpaired) electrons. The molecule has 19 heavy (non-hydrogen) atoms. The number of benzene rings is 1. The van der Waals surface area contributed by atoms with Gasteiger partial charge in [0.1, 0.15) is 5.60 Å². The first-order valence-electron chi connectivity index (χ1n) is 6.97. The van der Waals surface area contributed by atoms with Crippen molar-refractivity contribution < 1.29 is 9.53 Å². The molecule has 1 aromatic carbocycles. The first-order chi connectivity index (χ1) is 8.90. The summed E-state index contributed by atoms with van der Waals surface area (Å²) in [6, 6.07) is 6.04. The maximum Gasteiger partial charge on any atom is 0.338 e. The van der Waals surface area contributed by atoms with E-state index in [1.165, 1.54) is 24.0 Å². The van der Waals surface area contributed by atoms with Gasteiger partial charge in [0.25, 0.3) is 0 Å². The zero-order valence-electron chi connectivity index (χ0n) is 11.9. The van der Waals surface area contributed by atoms with Gasteiger partial charge >= 0.3 is 5.97 Å². The summed E-state index contributed by atoms with van der Waals surface area (Å²) in [5.74, 6) is -0.231. The third-order valence-corrected chi connectivity index (χ3v) is 3.94. The molecule has 1 saturated carbocycles. The summed E-state index contributed by atoms with van der Waals surface area (Å²) in [7, 11) is 0. The molecule has 1 spiro atoms. The maximum atomic E-state index is 12.1. The van der Waals surface area contributed by atoms with Gasteiger partial charge in [-0.3, -0.25) is 0 Å². The fourth-order valence-electron chi connectivity index (χ4n) is 2.85. The van der Waals surface area contributed by atoms with E-state index in [1.807, 2.05) is 32.9 Å². The van der Waals surface area contributed by atoms with E-state index in [0.717, 1.165) is 13.1 Å². The molecule has 1 aliphatic carbocycles. The highest BCUT2D eigenvalue weighted by atomic mass is 16.6. The number of carbonyl (C=O) groups excluding carboxylic acids is 1. The van der Waals surface area contributed by atoms with E-state index >= 15 is 0 Å². The Bertz CT molecular complexity index is 524. The second kappa shape index (κ2) is 4.07. The topological polar surface area (TPSA) is 38.3 Å². The SMILES string of the molecule is CC(C)(C)OC(=O)c1ccc2c(c1)CNCC21CC1. The zero-order valence-corrected chi connectivity index (χ0v) is 11.9. The predicted octanol–water partition coefficient (Wildman–Crippen LogP) is 2.78. The average Bonchev–Trinajstić information content (AvgIpc) is 3.07. The fourth-order valence-corrected chi connectivity index (χ4v) is 2.85. The average molecular weight is 259 g/mol. The van der Waals surface area contributed by atoms with Crippen molar-refractivity contribution in [2.45, 2.75) is 51.2 Å². The number of hydrogen-bond donors (Lipinski definition) is 1. The van der Waals surface area contributed by atoms with Crippen LogP contribution in [0.4, 0.5) is 0 Å².